The average Bonchev–Trinajstić information content (AvgIpc) is 2.59. The van der Waals surface area contributed by atoms with Gasteiger partial charge in [0.15, 0.2) is 8.32 Å². The van der Waals surface area contributed by atoms with E-state index < -0.39 is 8.32 Å². The van der Waals surface area contributed by atoms with E-state index in [2.05, 4.69) is 49.1 Å². The lowest BCUT2D eigenvalue weighted by Crippen LogP contribution is -2.40. The largest absolute Gasteiger partial charge is 0.411 e. The van der Waals surface area contributed by atoms with Crippen LogP contribution in [0.5, 0.6) is 0 Å². The number of hydrogen-bond acceptors (Lipinski definition) is 4. The maximum absolute atomic E-state index is 13.4. The van der Waals surface area contributed by atoms with Gasteiger partial charge >= 0.3 is 0 Å². The maximum atomic E-state index is 13.4. The monoisotopic (exact) mass is 403 g/mol. The summed E-state index contributed by atoms with van der Waals surface area (Å²) in [6.07, 6.45) is 0. The van der Waals surface area contributed by atoms with Crippen molar-refractivity contribution in [2.24, 2.45) is 0 Å². The van der Waals surface area contributed by atoms with Crippen LogP contribution in [-0.4, -0.2) is 24.2 Å². The zero-order chi connectivity index (χ0) is 21.1. The number of benzene rings is 1. The van der Waals surface area contributed by atoms with Crippen molar-refractivity contribution in [3.8, 4) is 0 Å². The van der Waals surface area contributed by atoms with Gasteiger partial charge in [0.05, 0.1) is 12.3 Å². The minimum atomic E-state index is -1.91. The van der Waals surface area contributed by atoms with E-state index in [-0.39, 0.29) is 16.8 Å². The summed E-state index contributed by atoms with van der Waals surface area (Å²) in [5.74, 6) is -0.0203. The highest BCUT2D eigenvalue weighted by Gasteiger charge is 2.37. The van der Waals surface area contributed by atoms with Crippen molar-refractivity contribution >= 4 is 14.2 Å². The molecule has 2 aromatic rings. The highest BCUT2D eigenvalue weighted by Crippen LogP contribution is 2.36. The number of aromatic nitrogens is 2. The van der Waals surface area contributed by atoms with Gasteiger partial charge in [-0.2, -0.15) is 0 Å². The standard InChI is InChI=1S/C21H30FN3O2Si/c1-14-10-16(8-9-18(14)22)12-23-20(26)19-11-17(24-15(2)25-19)13-27-28(6,7)21(3,4)5/h8-11H,12-13H2,1-7H3,(H,23,26). The summed E-state index contributed by atoms with van der Waals surface area (Å²) in [4.78, 5) is 21.2. The van der Waals surface area contributed by atoms with Gasteiger partial charge in [0.1, 0.15) is 17.3 Å². The Morgan fingerprint density at radius 1 is 1.18 bits per heavy atom. The Bertz CT molecular complexity index is 863. The number of nitrogens with one attached hydrogen (secondary N) is 1. The first kappa shape index (κ1) is 22.2. The van der Waals surface area contributed by atoms with Crippen LogP contribution < -0.4 is 5.32 Å². The van der Waals surface area contributed by atoms with Crippen molar-refractivity contribution in [1.82, 2.24) is 15.3 Å². The molecule has 1 aromatic heterocycles. The van der Waals surface area contributed by atoms with Crippen molar-refractivity contribution in [3.63, 3.8) is 0 Å². The lowest BCUT2D eigenvalue weighted by molar-refractivity contribution is 0.0945. The first-order chi connectivity index (χ1) is 12.9. The maximum Gasteiger partial charge on any atom is 0.270 e. The molecule has 0 spiro atoms. The van der Waals surface area contributed by atoms with Crippen LogP contribution in [0.15, 0.2) is 24.3 Å². The zero-order valence-corrected chi connectivity index (χ0v) is 18.8. The number of aryl methyl sites for hydroxylation is 2. The van der Waals surface area contributed by atoms with E-state index in [0.29, 0.717) is 35.9 Å². The molecule has 0 aliphatic heterocycles. The first-order valence-corrected chi connectivity index (χ1v) is 12.3. The van der Waals surface area contributed by atoms with Gasteiger partial charge in [0.25, 0.3) is 5.91 Å². The fourth-order valence-electron chi connectivity index (χ4n) is 2.38. The van der Waals surface area contributed by atoms with Gasteiger partial charge in [-0.15, -0.1) is 0 Å². The van der Waals surface area contributed by atoms with Gasteiger partial charge in [-0.05, 0) is 55.2 Å². The molecule has 0 aliphatic rings. The van der Waals surface area contributed by atoms with Crippen LogP contribution in [0.2, 0.25) is 18.1 Å². The normalized spacial score (nSPS) is 12.1. The first-order valence-electron chi connectivity index (χ1n) is 9.41. The number of carbonyl (C=O) groups is 1. The van der Waals surface area contributed by atoms with Crippen LogP contribution in [0.25, 0.3) is 0 Å². The van der Waals surface area contributed by atoms with E-state index in [4.69, 9.17) is 4.43 Å². The van der Waals surface area contributed by atoms with E-state index in [1.165, 1.54) is 6.07 Å². The lowest BCUT2D eigenvalue weighted by Gasteiger charge is -2.36. The third-order valence-corrected chi connectivity index (χ3v) is 9.66. The fraction of sp³-hybridized carbons (Fsp3) is 0.476. The smallest absolute Gasteiger partial charge is 0.270 e. The molecular formula is C21H30FN3O2Si. The molecule has 1 amide bonds. The number of amides is 1. The van der Waals surface area contributed by atoms with Gasteiger partial charge in [0.2, 0.25) is 0 Å². The van der Waals surface area contributed by atoms with E-state index in [9.17, 15) is 9.18 Å². The highest BCUT2D eigenvalue weighted by atomic mass is 28.4. The number of halogens is 1. The average molecular weight is 404 g/mol. The molecule has 7 heteroatoms. The number of rotatable bonds is 6. The summed E-state index contributed by atoms with van der Waals surface area (Å²) in [7, 11) is -1.91. The van der Waals surface area contributed by atoms with Crippen LogP contribution >= 0.6 is 0 Å². The zero-order valence-electron chi connectivity index (χ0n) is 17.8. The van der Waals surface area contributed by atoms with E-state index in [1.807, 2.05) is 0 Å². The Balaban J connectivity index is 2.07. The molecule has 0 fully saturated rings. The topological polar surface area (TPSA) is 64.1 Å². The van der Waals surface area contributed by atoms with E-state index >= 15 is 0 Å². The molecule has 1 aromatic carbocycles. The summed E-state index contributed by atoms with van der Waals surface area (Å²) < 4.78 is 19.6. The van der Waals surface area contributed by atoms with Gasteiger partial charge in [-0.25, -0.2) is 14.4 Å². The van der Waals surface area contributed by atoms with Gasteiger partial charge in [0, 0.05) is 6.54 Å². The lowest BCUT2D eigenvalue weighted by atomic mass is 10.1. The van der Waals surface area contributed by atoms with Crippen molar-refractivity contribution in [1.29, 1.82) is 0 Å². The van der Waals surface area contributed by atoms with E-state index in [1.54, 1.807) is 32.0 Å². The minimum Gasteiger partial charge on any atom is -0.411 e. The Morgan fingerprint density at radius 3 is 2.46 bits per heavy atom. The third kappa shape index (κ3) is 5.69. The van der Waals surface area contributed by atoms with Crippen molar-refractivity contribution in [2.75, 3.05) is 0 Å². The molecule has 0 atom stereocenters. The Morgan fingerprint density at radius 2 is 1.86 bits per heavy atom. The second-order valence-electron chi connectivity index (χ2n) is 8.61. The van der Waals surface area contributed by atoms with Crippen LogP contribution in [0.1, 0.15) is 53.9 Å². The molecule has 0 unspecified atom stereocenters. The molecule has 0 aliphatic carbocycles. The van der Waals surface area contributed by atoms with Crippen LogP contribution in [-0.2, 0) is 17.6 Å². The van der Waals surface area contributed by atoms with Crippen molar-refractivity contribution < 1.29 is 13.6 Å². The van der Waals surface area contributed by atoms with Gasteiger partial charge < -0.3 is 9.74 Å². The van der Waals surface area contributed by atoms with Crippen molar-refractivity contribution in [2.45, 2.75) is 65.9 Å². The quantitative estimate of drug-likeness (QED) is 0.711. The SMILES string of the molecule is Cc1nc(CO[Si](C)(C)C(C)(C)C)cc(C(=O)NCc2ccc(F)c(C)c2)n1. The summed E-state index contributed by atoms with van der Waals surface area (Å²) in [6, 6.07) is 6.46. The van der Waals surface area contributed by atoms with Crippen LogP contribution in [0.3, 0.4) is 0 Å². The number of nitrogens with zero attached hydrogens (tertiary/aromatic N) is 2. The predicted molar refractivity (Wildman–Crippen MR) is 111 cm³/mol. The van der Waals surface area contributed by atoms with Crippen LogP contribution in [0.4, 0.5) is 4.39 Å². The Labute approximate surface area is 167 Å². The summed E-state index contributed by atoms with van der Waals surface area (Å²) in [5.41, 5.74) is 2.38. The van der Waals surface area contributed by atoms with E-state index in [0.717, 1.165) is 5.56 Å². The molecule has 2 rings (SSSR count). The number of hydrogen-bond donors (Lipinski definition) is 1. The van der Waals surface area contributed by atoms with Crippen LogP contribution in [0, 0.1) is 19.7 Å². The summed E-state index contributed by atoms with van der Waals surface area (Å²) in [6.45, 7) is 15.0. The molecule has 1 N–H and O–H groups in total. The summed E-state index contributed by atoms with van der Waals surface area (Å²) >= 11 is 0. The molecule has 0 saturated carbocycles. The molecule has 0 radical (unpaired) electrons. The molecule has 28 heavy (non-hydrogen) atoms. The Kier molecular flexibility index (Phi) is 6.72. The van der Waals surface area contributed by atoms with Crippen molar-refractivity contribution in [3.05, 3.63) is 58.4 Å². The molecule has 152 valence electrons. The number of carbonyl (C=O) groups excluding carboxylic acids is 1. The van der Waals surface area contributed by atoms with Gasteiger partial charge in [-0.3, -0.25) is 4.79 Å². The minimum absolute atomic E-state index is 0.0998. The third-order valence-electron chi connectivity index (χ3n) is 5.19. The molecule has 0 bridgehead atoms. The highest BCUT2D eigenvalue weighted by molar-refractivity contribution is 6.74. The van der Waals surface area contributed by atoms with Gasteiger partial charge in [-0.1, -0.05) is 32.9 Å². The molecule has 5 nitrogen and oxygen atoms in total. The second kappa shape index (κ2) is 8.49. The molecule has 1 heterocycles. The Hall–Kier alpha value is -2.12. The molecule has 0 saturated heterocycles. The summed E-state index contributed by atoms with van der Waals surface area (Å²) in [5, 5.41) is 2.93. The fourth-order valence-corrected chi connectivity index (χ4v) is 3.32. The second-order valence-corrected chi connectivity index (χ2v) is 13.4. The predicted octanol–water partition coefficient (Wildman–Crippen LogP) is 4.68. The molecular weight excluding hydrogens is 373 g/mol.